The fraction of sp³-hybridized carbons (Fsp3) is 0.500. The molecule has 0 N–H and O–H groups in total. The van der Waals surface area contributed by atoms with Crippen LogP contribution in [0.3, 0.4) is 0 Å². The van der Waals surface area contributed by atoms with Crippen molar-refractivity contribution in [2.75, 3.05) is 20.7 Å². The second-order valence-corrected chi connectivity index (χ2v) is 5.08. The number of nitrogens with zero attached hydrogens (tertiary/aromatic N) is 1. The summed E-state index contributed by atoms with van der Waals surface area (Å²) in [7, 11) is 4.06. The standard InChI is InChI=1S/C14H21NO2/c1-11(16)12-6-8-13(9-7-12)17-10-14(2,3)15(4)5/h6-9H,10H2,1-5H3. The van der Waals surface area contributed by atoms with Gasteiger partial charge in [-0.3, -0.25) is 4.79 Å². The van der Waals surface area contributed by atoms with Crippen LogP contribution in [0.15, 0.2) is 24.3 Å². The Morgan fingerprint density at radius 2 is 1.76 bits per heavy atom. The van der Waals surface area contributed by atoms with E-state index in [1.54, 1.807) is 19.1 Å². The van der Waals surface area contributed by atoms with E-state index >= 15 is 0 Å². The van der Waals surface area contributed by atoms with E-state index in [0.717, 1.165) is 5.75 Å². The number of benzene rings is 1. The molecule has 3 nitrogen and oxygen atoms in total. The lowest BCUT2D eigenvalue weighted by atomic mass is 10.1. The summed E-state index contributed by atoms with van der Waals surface area (Å²) in [4.78, 5) is 13.2. The molecule has 0 bridgehead atoms. The molecule has 0 saturated carbocycles. The number of rotatable bonds is 5. The second-order valence-electron chi connectivity index (χ2n) is 5.08. The highest BCUT2D eigenvalue weighted by atomic mass is 16.5. The maximum Gasteiger partial charge on any atom is 0.159 e. The molecule has 0 fully saturated rings. The van der Waals surface area contributed by atoms with Crippen molar-refractivity contribution in [3.05, 3.63) is 29.8 Å². The van der Waals surface area contributed by atoms with Gasteiger partial charge in [0.1, 0.15) is 12.4 Å². The van der Waals surface area contributed by atoms with E-state index < -0.39 is 0 Å². The summed E-state index contributed by atoms with van der Waals surface area (Å²) in [6, 6.07) is 7.26. The normalized spacial score (nSPS) is 11.6. The molecule has 0 amide bonds. The summed E-state index contributed by atoms with van der Waals surface area (Å²) in [5, 5.41) is 0. The van der Waals surface area contributed by atoms with Gasteiger partial charge < -0.3 is 9.64 Å². The minimum absolute atomic E-state index is 0.0146. The first kappa shape index (κ1) is 13.7. The number of carbonyl (C=O) groups is 1. The number of hydrogen-bond donors (Lipinski definition) is 0. The van der Waals surface area contributed by atoms with Crippen LogP contribution in [0.5, 0.6) is 5.75 Å². The van der Waals surface area contributed by atoms with Crippen molar-refractivity contribution < 1.29 is 9.53 Å². The van der Waals surface area contributed by atoms with Crippen molar-refractivity contribution in [3.8, 4) is 5.75 Å². The molecule has 3 heteroatoms. The average Bonchev–Trinajstić information content (AvgIpc) is 2.27. The van der Waals surface area contributed by atoms with Crippen LogP contribution in [0.2, 0.25) is 0 Å². The minimum Gasteiger partial charge on any atom is -0.492 e. The molecule has 0 unspecified atom stereocenters. The summed E-state index contributed by atoms with van der Waals surface area (Å²) >= 11 is 0. The summed E-state index contributed by atoms with van der Waals surface area (Å²) in [6.45, 7) is 6.41. The number of Topliss-reactive ketones (excluding diaryl/α,β-unsaturated/α-hetero) is 1. The summed E-state index contributed by atoms with van der Waals surface area (Å²) < 4.78 is 5.71. The molecule has 0 aliphatic heterocycles. The topological polar surface area (TPSA) is 29.5 Å². The molecule has 0 atom stereocenters. The Labute approximate surface area is 103 Å². The molecule has 0 spiro atoms. The summed E-state index contributed by atoms with van der Waals surface area (Å²) in [5.74, 6) is 0.870. The lowest BCUT2D eigenvalue weighted by Gasteiger charge is -2.32. The van der Waals surface area contributed by atoms with Gasteiger partial charge in [-0.25, -0.2) is 0 Å². The average molecular weight is 235 g/mol. The van der Waals surface area contributed by atoms with Crippen molar-refractivity contribution >= 4 is 5.78 Å². The van der Waals surface area contributed by atoms with Crippen LogP contribution >= 0.6 is 0 Å². The molecule has 0 aliphatic rings. The Hall–Kier alpha value is -1.35. The van der Waals surface area contributed by atoms with Crippen LogP contribution in [0, 0.1) is 0 Å². The molecule has 0 saturated heterocycles. The van der Waals surface area contributed by atoms with Gasteiger partial charge in [-0.1, -0.05) is 0 Å². The Bertz CT molecular complexity index is 380. The minimum atomic E-state index is -0.0146. The van der Waals surface area contributed by atoms with Crippen LogP contribution < -0.4 is 4.74 Å². The summed E-state index contributed by atoms with van der Waals surface area (Å²) in [5.41, 5.74) is 0.698. The molecular formula is C14H21NO2. The molecule has 1 rings (SSSR count). The number of ketones is 1. The van der Waals surface area contributed by atoms with E-state index in [0.29, 0.717) is 12.2 Å². The number of hydrogen-bond acceptors (Lipinski definition) is 3. The van der Waals surface area contributed by atoms with Gasteiger partial charge in [0.15, 0.2) is 5.78 Å². The Balaban J connectivity index is 2.62. The molecule has 0 radical (unpaired) electrons. The summed E-state index contributed by atoms with van der Waals surface area (Å²) in [6.07, 6.45) is 0. The molecule has 0 aromatic heterocycles. The van der Waals surface area contributed by atoms with Crippen LogP contribution in [0.1, 0.15) is 31.1 Å². The molecular weight excluding hydrogens is 214 g/mol. The first-order valence-corrected chi connectivity index (χ1v) is 5.74. The van der Waals surface area contributed by atoms with Gasteiger partial charge in [-0.2, -0.15) is 0 Å². The molecule has 1 aromatic rings. The predicted octanol–water partition coefficient (Wildman–Crippen LogP) is 2.61. The molecule has 94 valence electrons. The van der Waals surface area contributed by atoms with Gasteiger partial charge in [-0.15, -0.1) is 0 Å². The first-order valence-electron chi connectivity index (χ1n) is 5.74. The fourth-order valence-corrected chi connectivity index (χ4v) is 1.17. The van der Waals surface area contributed by atoms with Gasteiger partial charge in [0.05, 0.1) is 0 Å². The monoisotopic (exact) mass is 235 g/mol. The molecule has 17 heavy (non-hydrogen) atoms. The Morgan fingerprint density at radius 1 is 1.24 bits per heavy atom. The fourth-order valence-electron chi connectivity index (χ4n) is 1.17. The number of likely N-dealkylation sites (N-methyl/N-ethyl adjacent to an activating group) is 1. The second kappa shape index (κ2) is 5.32. The van der Waals surface area contributed by atoms with Crippen molar-refractivity contribution in [3.63, 3.8) is 0 Å². The Morgan fingerprint density at radius 3 is 2.18 bits per heavy atom. The van der Waals surface area contributed by atoms with Crippen molar-refractivity contribution in [1.82, 2.24) is 4.90 Å². The van der Waals surface area contributed by atoms with Crippen LogP contribution in [0.25, 0.3) is 0 Å². The van der Waals surface area contributed by atoms with Gasteiger partial charge in [0, 0.05) is 11.1 Å². The van der Waals surface area contributed by atoms with Crippen molar-refractivity contribution in [2.24, 2.45) is 0 Å². The molecule has 0 heterocycles. The third kappa shape index (κ3) is 3.86. The largest absolute Gasteiger partial charge is 0.492 e. The quantitative estimate of drug-likeness (QED) is 0.735. The maximum atomic E-state index is 11.1. The highest BCUT2D eigenvalue weighted by Gasteiger charge is 2.21. The van der Waals surface area contributed by atoms with Gasteiger partial charge >= 0.3 is 0 Å². The van der Waals surface area contributed by atoms with Gasteiger partial charge in [0.25, 0.3) is 0 Å². The number of carbonyl (C=O) groups excluding carboxylic acids is 1. The van der Waals surface area contributed by atoms with Gasteiger partial charge in [-0.05, 0) is 59.1 Å². The van der Waals surface area contributed by atoms with E-state index in [4.69, 9.17) is 4.74 Å². The lowest BCUT2D eigenvalue weighted by molar-refractivity contribution is 0.101. The van der Waals surface area contributed by atoms with E-state index in [1.165, 1.54) is 0 Å². The molecule has 1 aromatic carbocycles. The van der Waals surface area contributed by atoms with E-state index in [2.05, 4.69) is 18.7 Å². The van der Waals surface area contributed by atoms with Crippen LogP contribution in [-0.2, 0) is 0 Å². The van der Waals surface area contributed by atoms with Crippen LogP contribution in [-0.4, -0.2) is 36.9 Å². The predicted molar refractivity (Wildman–Crippen MR) is 69.7 cm³/mol. The maximum absolute atomic E-state index is 11.1. The van der Waals surface area contributed by atoms with E-state index in [1.807, 2.05) is 26.2 Å². The zero-order valence-electron chi connectivity index (χ0n) is 11.3. The van der Waals surface area contributed by atoms with Crippen molar-refractivity contribution in [1.29, 1.82) is 0 Å². The lowest BCUT2D eigenvalue weighted by Crippen LogP contribution is -2.43. The van der Waals surface area contributed by atoms with Crippen LogP contribution in [0.4, 0.5) is 0 Å². The SMILES string of the molecule is CC(=O)c1ccc(OCC(C)(C)N(C)C)cc1. The zero-order chi connectivity index (χ0) is 13.1. The van der Waals surface area contributed by atoms with E-state index in [9.17, 15) is 4.79 Å². The third-order valence-corrected chi connectivity index (χ3v) is 3.06. The highest BCUT2D eigenvalue weighted by Crippen LogP contribution is 2.16. The van der Waals surface area contributed by atoms with Gasteiger partial charge in [0.2, 0.25) is 0 Å². The van der Waals surface area contributed by atoms with E-state index in [-0.39, 0.29) is 11.3 Å². The highest BCUT2D eigenvalue weighted by molar-refractivity contribution is 5.94. The first-order chi connectivity index (χ1) is 7.83. The van der Waals surface area contributed by atoms with Crippen molar-refractivity contribution in [2.45, 2.75) is 26.3 Å². The Kier molecular flexibility index (Phi) is 4.29. The number of ether oxygens (including phenoxy) is 1. The molecule has 0 aliphatic carbocycles. The zero-order valence-corrected chi connectivity index (χ0v) is 11.3. The smallest absolute Gasteiger partial charge is 0.159 e. The third-order valence-electron chi connectivity index (χ3n) is 3.06.